The molecule has 0 unspecified atom stereocenters. The molecule has 1 rings (SSSR count). The lowest BCUT2D eigenvalue weighted by molar-refractivity contribution is 0.184. The molecule has 0 aliphatic rings. The van der Waals surface area contributed by atoms with E-state index in [2.05, 4.69) is 20.9 Å². The summed E-state index contributed by atoms with van der Waals surface area (Å²) in [4.78, 5) is 4.23. The smallest absolute Gasteiger partial charge is 0.111 e. The molecule has 11 heavy (non-hydrogen) atoms. The summed E-state index contributed by atoms with van der Waals surface area (Å²) in [5, 5.41) is 0. The van der Waals surface area contributed by atoms with E-state index in [1.807, 2.05) is 19.1 Å². The zero-order valence-electron chi connectivity index (χ0n) is 6.60. The molecule has 0 radical (unpaired) electrons. The lowest BCUT2D eigenvalue weighted by atomic mass is 10.3. The van der Waals surface area contributed by atoms with Gasteiger partial charge in [0, 0.05) is 18.4 Å². The van der Waals surface area contributed by atoms with Gasteiger partial charge in [-0.1, -0.05) is 6.07 Å². The van der Waals surface area contributed by atoms with E-state index >= 15 is 0 Å². The predicted molar refractivity (Wildman–Crippen MR) is 47.4 cm³/mol. The number of aromatic nitrogens is 1. The van der Waals surface area contributed by atoms with Crippen molar-refractivity contribution < 1.29 is 4.74 Å². The van der Waals surface area contributed by atoms with Gasteiger partial charge in [-0.15, -0.1) is 0 Å². The molecule has 0 amide bonds. The number of halogens is 1. The molecule has 3 heteroatoms. The highest BCUT2D eigenvalue weighted by atomic mass is 79.9. The van der Waals surface area contributed by atoms with Gasteiger partial charge in [0.2, 0.25) is 0 Å². The van der Waals surface area contributed by atoms with Crippen molar-refractivity contribution >= 4 is 15.9 Å². The number of hydrogen-bond acceptors (Lipinski definition) is 2. The summed E-state index contributed by atoms with van der Waals surface area (Å²) in [6, 6.07) is 3.98. The Hall–Kier alpha value is -0.410. The minimum absolute atomic E-state index is 0.605. The molecule has 0 fully saturated rings. The summed E-state index contributed by atoms with van der Waals surface area (Å²) in [5.41, 5.74) is 2.09. The molecular weight excluding hydrogens is 206 g/mol. The quantitative estimate of drug-likeness (QED) is 0.707. The fourth-order valence-corrected chi connectivity index (χ4v) is 1.34. The van der Waals surface area contributed by atoms with Gasteiger partial charge in [-0.05, 0) is 28.9 Å². The zero-order chi connectivity index (χ0) is 8.27. The molecule has 1 aromatic rings. The summed E-state index contributed by atoms with van der Waals surface area (Å²) in [6.07, 6.45) is 0. The van der Waals surface area contributed by atoms with E-state index in [4.69, 9.17) is 4.74 Å². The van der Waals surface area contributed by atoms with Gasteiger partial charge in [0.1, 0.15) is 4.60 Å². The Kier molecular flexibility index (Phi) is 3.02. The van der Waals surface area contributed by atoms with E-state index in [1.54, 1.807) is 7.11 Å². The number of hydrogen-bond donors (Lipinski definition) is 0. The van der Waals surface area contributed by atoms with Gasteiger partial charge in [0.25, 0.3) is 0 Å². The molecule has 0 saturated heterocycles. The Morgan fingerprint density at radius 2 is 2.27 bits per heavy atom. The molecule has 0 aliphatic heterocycles. The first-order valence-corrected chi connectivity index (χ1v) is 4.14. The summed E-state index contributed by atoms with van der Waals surface area (Å²) >= 11 is 3.36. The largest absolute Gasteiger partial charge is 0.380 e. The molecule has 2 nitrogen and oxygen atoms in total. The standard InChI is InChI=1S/C8H10BrNO/c1-6-3-4-7(5-11-2)8(9)10-6/h3-4H,5H2,1-2H3. The first-order chi connectivity index (χ1) is 5.24. The lowest BCUT2D eigenvalue weighted by Gasteiger charge is -2.02. The minimum Gasteiger partial charge on any atom is -0.380 e. The average molecular weight is 216 g/mol. The van der Waals surface area contributed by atoms with E-state index in [-0.39, 0.29) is 0 Å². The number of rotatable bonds is 2. The van der Waals surface area contributed by atoms with Gasteiger partial charge in [-0.25, -0.2) is 4.98 Å². The number of ether oxygens (including phenoxy) is 1. The number of nitrogens with zero attached hydrogens (tertiary/aromatic N) is 1. The van der Waals surface area contributed by atoms with Crippen LogP contribution in [0.25, 0.3) is 0 Å². The van der Waals surface area contributed by atoms with Crippen LogP contribution in [-0.4, -0.2) is 12.1 Å². The topological polar surface area (TPSA) is 22.1 Å². The van der Waals surface area contributed by atoms with Crippen LogP contribution in [0, 0.1) is 6.92 Å². The van der Waals surface area contributed by atoms with Crippen molar-refractivity contribution in [3.8, 4) is 0 Å². The number of pyridine rings is 1. The zero-order valence-corrected chi connectivity index (χ0v) is 8.18. The first kappa shape index (κ1) is 8.68. The molecule has 1 heterocycles. The van der Waals surface area contributed by atoms with Crippen LogP contribution in [0.4, 0.5) is 0 Å². The molecule has 0 bridgehead atoms. The maximum atomic E-state index is 4.98. The fourth-order valence-electron chi connectivity index (χ4n) is 0.817. The Morgan fingerprint density at radius 1 is 1.55 bits per heavy atom. The third-order valence-electron chi connectivity index (χ3n) is 1.37. The fraction of sp³-hybridized carbons (Fsp3) is 0.375. The molecule has 0 aromatic carbocycles. The molecule has 1 aromatic heterocycles. The molecule has 0 saturated carbocycles. The van der Waals surface area contributed by atoms with E-state index < -0.39 is 0 Å². The van der Waals surface area contributed by atoms with E-state index in [0.717, 1.165) is 15.9 Å². The van der Waals surface area contributed by atoms with E-state index in [1.165, 1.54) is 0 Å². The Labute approximate surface area is 74.7 Å². The van der Waals surface area contributed by atoms with Crippen LogP contribution in [0.3, 0.4) is 0 Å². The Morgan fingerprint density at radius 3 is 2.82 bits per heavy atom. The monoisotopic (exact) mass is 215 g/mol. The van der Waals surface area contributed by atoms with Crippen LogP contribution >= 0.6 is 15.9 Å². The second-order valence-corrected chi connectivity index (χ2v) is 3.09. The Bertz CT molecular complexity index is 250. The van der Waals surface area contributed by atoms with Gasteiger partial charge in [-0.2, -0.15) is 0 Å². The van der Waals surface area contributed by atoms with Gasteiger partial charge in [0.15, 0.2) is 0 Å². The summed E-state index contributed by atoms with van der Waals surface area (Å²) in [5.74, 6) is 0. The molecule has 0 atom stereocenters. The molecule has 0 spiro atoms. The highest BCUT2D eigenvalue weighted by Crippen LogP contribution is 2.14. The van der Waals surface area contributed by atoms with Crippen LogP contribution < -0.4 is 0 Å². The third-order valence-corrected chi connectivity index (χ3v) is 2.05. The van der Waals surface area contributed by atoms with Crippen LogP contribution in [-0.2, 0) is 11.3 Å². The van der Waals surface area contributed by atoms with Crippen LogP contribution in [0.15, 0.2) is 16.7 Å². The van der Waals surface area contributed by atoms with Crippen LogP contribution in [0.2, 0.25) is 0 Å². The summed E-state index contributed by atoms with van der Waals surface area (Å²) in [6.45, 7) is 2.56. The maximum absolute atomic E-state index is 4.98. The van der Waals surface area contributed by atoms with Gasteiger partial charge in [0.05, 0.1) is 6.61 Å². The van der Waals surface area contributed by atoms with Crippen molar-refractivity contribution in [1.82, 2.24) is 4.98 Å². The molecular formula is C8H10BrNO. The van der Waals surface area contributed by atoms with Crippen LogP contribution in [0.1, 0.15) is 11.3 Å². The third kappa shape index (κ3) is 2.27. The SMILES string of the molecule is COCc1ccc(C)nc1Br. The normalized spacial score (nSPS) is 10.1. The van der Waals surface area contributed by atoms with Gasteiger partial charge in [-0.3, -0.25) is 0 Å². The van der Waals surface area contributed by atoms with Crippen molar-refractivity contribution in [1.29, 1.82) is 0 Å². The lowest BCUT2D eigenvalue weighted by Crippen LogP contribution is -1.92. The highest BCUT2D eigenvalue weighted by Gasteiger charge is 1.99. The maximum Gasteiger partial charge on any atom is 0.111 e. The van der Waals surface area contributed by atoms with Gasteiger partial charge >= 0.3 is 0 Å². The van der Waals surface area contributed by atoms with Crippen molar-refractivity contribution in [2.75, 3.05) is 7.11 Å². The number of methoxy groups -OCH3 is 1. The Balaban J connectivity index is 2.90. The second-order valence-electron chi connectivity index (χ2n) is 2.34. The minimum atomic E-state index is 0.605. The number of aryl methyl sites for hydroxylation is 1. The second kappa shape index (κ2) is 3.83. The first-order valence-electron chi connectivity index (χ1n) is 3.35. The van der Waals surface area contributed by atoms with Crippen molar-refractivity contribution in [2.45, 2.75) is 13.5 Å². The predicted octanol–water partition coefficient (Wildman–Crippen LogP) is 2.30. The highest BCUT2D eigenvalue weighted by molar-refractivity contribution is 9.10. The van der Waals surface area contributed by atoms with Crippen molar-refractivity contribution in [3.05, 3.63) is 28.0 Å². The summed E-state index contributed by atoms with van der Waals surface area (Å²) in [7, 11) is 1.67. The summed E-state index contributed by atoms with van der Waals surface area (Å²) < 4.78 is 5.85. The van der Waals surface area contributed by atoms with Crippen molar-refractivity contribution in [3.63, 3.8) is 0 Å². The molecule has 0 N–H and O–H groups in total. The average Bonchev–Trinajstić information content (AvgIpc) is 1.95. The van der Waals surface area contributed by atoms with Crippen LogP contribution in [0.5, 0.6) is 0 Å². The van der Waals surface area contributed by atoms with Gasteiger partial charge < -0.3 is 4.74 Å². The van der Waals surface area contributed by atoms with Crippen molar-refractivity contribution in [2.24, 2.45) is 0 Å². The van der Waals surface area contributed by atoms with E-state index in [9.17, 15) is 0 Å². The molecule has 60 valence electrons. The van der Waals surface area contributed by atoms with E-state index in [0.29, 0.717) is 6.61 Å². The molecule has 0 aliphatic carbocycles.